The van der Waals surface area contributed by atoms with Crippen LogP contribution in [-0.4, -0.2) is 37.6 Å². The Bertz CT molecular complexity index is 641. The van der Waals surface area contributed by atoms with Gasteiger partial charge in [0.25, 0.3) is 0 Å². The first-order valence-corrected chi connectivity index (χ1v) is 7.39. The zero-order chi connectivity index (χ0) is 17.7. The highest BCUT2D eigenvalue weighted by Gasteiger charge is 2.38. The van der Waals surface area contributed by atoms with Crippen molar-refractivity contribution in [3.8, 4) is 5.75 Å². The van der Waals surface area contributed by atoms with Crippen LogP contribution in [-0.2, 0) is 14.3 Å². The SMILES string of the molecule is COC1=CC(N)(OC)C(C(N)c2ccc(OCC(=O)O)cc2)C=C1. The topological polar surface area (TPSA) is 117 Å². The van der Waals surface area contributed by atoms with Crippen molar-refractivity contribution in [2.24, 2.45) is 17.4 Å². The second-order valence-electron chi connectivity index (χ2n) is 5.47. The lowest BCUT2D eigenvalue weighted by Gasteiger charge is -2.38. The van der Waals surface area contributed by atoms with Crippen molar-refractivity contribution in [2.45, 2.75) is 11.8 Å². The first kappa shape index (κ1) is 18.0. The fourth-order valence-corrected chi connectivity index (χ4v) is 2.58. The van der Waals surface area contributed by atoms with Gasteiger partial charge in [0.1, 0.15) is 17.2 Å². The van der Waals surface area contributed by atoms with Crippen LogP contribution in [0, 0.1) is 5.92 Å². The van der Waals surface area contributed by atoms with E-state index < -0.39 is 24.3 Å². The molecule has 3 atom stereocenters. The number of carbonyl (C=O) groups is 1. The maximum absolute atomic E-state index is 10.5. The molecular weight excluding hydrogens is 312 g/mol. The first-order chi connectivity index (χ1) is 11.4. The molecule has 130 valence electrons. The molecule has 7 nitrogen and oxygen atoms in total. The molecule has 7 heteroatoms. The number of ether oxygens (including phenoxy) is 3. The Morgan fingerprint density at radius 2 is 2.00 bits per heavy atom. The molecule has 5 N–H and O–H groups in total. The molecule has 0 aliphatic heterocycles. The molecule has 0 saturated carbocycles. The molecule has 3 unspecified atom stereocenters. The van der Waals surface area contributed by atoms with Crippen LogP contribution in [0.25, 0.3) is 0 Å². The molecule has 0 spiro atoms. The number of nitrogens with two attached hydrogens (primary N) is 2. The van der Waals surface area contributed by atoms with E-state index in [2.05, 4.69) is 0 Å². The number of hydrogen-bond donors (Lipinski definition) is 3. The quantitative estimate of drug-likeness (QED) is 0.641. The predicted molar refractivity (Wildman–Crippen MR) is 88.2 cm³/mol. The van der Waals surface area contributed by atoms with Crippen molar-refractivity contribution >= 4 is 5.97 Å². The molecule has 2 rings (SSSR count). The summed E-state index contributed by atoms with van der Waals surface area (Å²) < 4.78 is 15.8. The summed E-state index contributed by atoms with van der Waals surface area (Å²) in [5.74, 6) is -0.260. The molecule has 24 heavy (non-hydrogen) atoms. The van der Waals surface area contributed by atoms with Gasteiger partial charge in [0.05, 0.1) is 7.11 Å². The Labute approximate surface area is 140 Å². The summed E-state index contributed by atoms with van der Waals surface area (Å²) in [5, 5.41) is 8.62. The maximum Gasteiger partial charge on any atom is 0.341 e. The molecule has 0 fully saturated rings. The molecule has 1 aromatic rings. The smallest absolute Gasteiger partial charge is 0.341 e. The Kier molecular flexibility index (Phi) is 5.61. The number of benzene rings is 1. The highest BCUT2D eigenvalue weighted by molar-refractivity contribution is 5.68. The van der Waals surface area contributed by atoms with Crippen LogP contribution in [0.2, 0.25) is 0 Å². The third-order valence-corrected chi connectivity index (χ3v) is 3.96. The average Bonchev–Trinajstić information content (AvgIpc) is 2.59. The van der Waals surface area contributed by atoms with E-state index in [-0.39, 0.29) is 5.92 Å². The standard InChI is InChI=1S/C17H22N2O5/c1-22-13-7-8-14(17(19,9-13)23-2)16(18)11-3-5-12(6-4-11)24-10-15(20)21/h3-9,14,16H,10,18-19H2,1-2H3,(H,20,21). The molecule has 0 heterocycles. The van der Waals surface area contributed by atoms with Gasteiger partial charge in [-0.15, -0.1) is 0 Å². The lowest BCUT2D eigenvalue weighted by atomic mass is 9.82. The Morgan fingerprint density at radius 3 is 2.54 bits per heavy atom. The molecular formula is C17H22N2O5. The average molecular weight is 334 g/mol. The summed E-state index contributed by atoms with van der Waals surface area (Å²) in [4.78, 5) is 10.5. The summed E-state index contributed by atoms with van der Waals surface area (Å²) in [6.07, 6.45) is 5.36. The number of allylic oxidation sites excluding steroid dienone is 1. The highest BCUT2D eigenvalue weighted by atomic mass is 16.5. The minimum atomic E-state index is -1.09. The molecule has 1 aliphatic rings. The van der Waals surface area contributed by atoms with Gasteiger partial charge in [0, 0.05) is 25.1 Å². The number of methoxy groups -OCH3 is 2. The van der Waals surface area contributed by atoms with Crippen molar-refractivity contribution in [1.82, 2.24) is 0 Å². The van der Waals surface area contributed by atoms with Gasteiger partial charge >= 0.3 is 5.97 Å². The molecule has 1 aliphatic carbocycles. The Morgan fingerprint density at radius 1 is 1.33 bits per heavy atom. The highest BCUT2D eigenvalue weighted by Crippen LogP contribution is 2.35. The van der Waals surface area contributed by atoms with Gasteiger partial charge in [-0.3, -0.25) is 5.73 Å². The van der Waals surface area contributed by atoms with Crippen LogP contribution in [0.5, 0.6) is 5.75 Å². The third-order valence-electron chi connectivity index (χ3n) is 3.96. The second kappa shape index (κ2) is 7.48. The number of carboxylic acids is 1. The van der Waals surface area contributed by atoms with Gasteiger partial charge in [0.15, 0.2) is 6.61 Å². The van der Waals surface area contributed by atoms with Gasteiger partial charge in [0.2, 0.25) is 0 Å². The van der Waals surface area contributed by atoms with E-state index >= 15 is 0 Å². The van der Waals surface area contributed by atoms with Crippen LogP contribution in [0.15, 0.2) is 48.3 Å². The van der Waals surface area contributed by atoms with Gasteiger partial charge < -0.3 is 25.1 Å². The predicted octanol–water partition coefficient (Wildman–Crippen LogP) is 1.17. The lowest BCUT2D eigenvalue weighted by molar-refractivity contribution is -0.139. The number of rotatable bonds is 7. The summed E-state index contributed by atoms with van der Waals surface area (Å²) in [5.41, 5.74) is 12.4. The van der Waals surface area contributed by atoms with Crippen LogP contribution in [0.4, 0.5) is 0 Å². The van der Waals surface area contributed by atoms with E-state index in [0.29, 0.717) is 11.5 Å². The normalized spacial score (nSPS) is 24.2. The van der Waals surface area contributed by atoms with Gasteiger partial charge in [-0.25, -0.2) is 4.79 Å². The van der Waals surface area contributed by atoms with E-state index in [9.17, 15) is 4.79 Å². The largest absolute Gasteiger partial charge is 0.497 e. The minimum Gasteiger partial charge on any atom is -0.497 e. The van der Waals surface area contributed by atoms with Crippen molar-refractivity contribution in [1.29, 1.82) is 0 Å². The summed E-state index contributed by atoms with van der Waals surface area (Å²) >= 11 is 0. The zero-order valence-electron chi connectivity index (χ0n) is 13.6. The third kappa shape index (κ3) is 3.94. The van der Waals surface area contributed by atoms with E-state index in [4.69, 9.17) is 30.8 Å². The first-order valence-electron chi connectivity index (χ1n) is 7.39. The molecule has 0 aromatic heterocycles. The molecule has 1 aromatic carbocycles. The maximum atomic E-state index is 10.5. The van der Waals surface area contributed by atoms with Crippen LogP contribution >= 0.6 is 0 Å². The summed E-state index contributed by atoms with van der Waals surface area (Å²) in [6, 6.07) is 6.48. The monoisotopic (exact) mass is 334 g/mol. The van der Waals surface area contributed by atoms with E-state index in [1.807, 2.05) is 6.08 Å². The number of aliphatic carboxylic acids is 1. The Hall–Kier alpha value is -2.35. The van der Waals surface area contributed by atoms with E-state index in [0.717, 1.165) is 5.56 Å². The van der Waals surface area contributed by atoms with Crippen LogP contribution < -0.4 is 16.2 Å². The van der Waals surface area contributed by atoms with Crippen molar-refractivity contribution in [2.75, 3.05) is 20.8 Å². The zero-order valence-corrected chi connectivity index (χ0v) is 13.6. The van der Waals surface area contributed by atoms with Gasteiger partial charge in [-0.2, -0.15) is 0 Å². The van der Waals surface area contributed by atoms with Gasteiger partial charge in [-0.05, 0) is 23.8 Å². The van der Waals surface area contributed by atoms with Crippen LogP contribution in [0.3, 0.4) is 0 Å². The summed E-state index contributed by atoms with van der Waals surface area (Å²) in [7, 11) is 3.08. The Balaban J connectivity index is 2.16. The van der Waals surface area contributed by atoms with Gasteiger partial charge in [-0.1, -0.05) is 18.2 Å². The fourth-order valence-electron chi connectivity index (χ4n) is 2.58. The van der Waals surface area contributed by atoms with Crippen molar-refractivity contribution in [3.05, 3.63) is 53.8 Å². The summed E-state index contributed by atoms with van der Waals surface area (Å²) in [6.45, 7) is -0.392. The van der Waals surface area contributed by atoms with E-state index in [1.165, 1.54) is 7.11 Å². The molecule has 0 amide bonds. The molecule has 0 bridgehead atoms. The number of hydrogen-bond acceptors (Lipinski definition) is 6. The van der Waals surface area contributed by atoms with Crippen molar-refractivity contribution in [3.63, 3.8) is 0 Å². The van der Waals surface area contributed by atoms with Crippen LogP contribution in [0.1, 0.15) is 11.6 Å². The molecule has 0 saturated heterocycles. The number of carboxylic acid groups (broad SMARTS) is 1. The second-order valence-corrected chi connectivity index (χ2v) is 5.47. The fraction of sp³-hybridized carbons (Fsp3) is 0.353. The van der Waals surface area contributed by atoms with E-state index in [1.54, 1.807) is 43.5 Å². The minimum absolute atomic E-state index is 0.299. The molecule has 0 radical (unpaired) electrons. The lowest BCUT2D eigenvalue weighted by Crippen LogP contribution is -2.51. The van der Waals surface area contributed by atoms with Crippen molar-refractivity contribution < 1.29 is 24.1 Å².